The Balaban J connectivity index is 0. The topological polar surface area (TPSA) is 83.3 Å². The third-order valence-corrected chi connectivity index (χ3v) is 0.478. The molecule has 0 saturated carbocycles. The third-order valence-electron chi connectivity index (χ3n) is 0.478. The van der Waals surface area contributed by atoms with Crippen molar-refractivity contribution in [3.63, 3.8) is 0 Å². The molecule has 1 heterocycles. The highest BCUT2D eigenvalue weighted by atomic mass is 79.9. The molecule has 0 atom stereocenters. The van der Waals surface area contributed by atoms with E-state index in [9.17, 15) is 0 Å². The van der Waals surface area contributed by atoms with Crippen LogP contribution in [0.3, 0.4) is 0 Å². The Morgan fingerprint density at radius 3 is 1.27 bits per heavy atom. The van der Waals surface area contributed by atoms with Crippen molar-refractivity contribution in [2.45, 2.75) is 0 Å². The van der Waals surface area contributed by atoms with Gasteiger partial charge in [0.15, 0.2) is 0 Å². The van der Waals surface area contributed by atoms with Crippen LogP contribution >= 0.6 is 25.2 Å². The van der Waals surface area contributed by atoms with E-state index >= 15 is 0 Å². The summed E-state index contributed by atoms with van der Waals surface area (Å²) in [5.41, 5.74) is 0. The van der Waals surface area contributed by atoms with E-state index in [2.05, 4.69) is 9.97 Å². The quantitative estimate of drug-likeness (QED) is 0.653. The highest BCUT2D eigenvalue weighted by Crippen LogP contribution is 1.98. The summed E-state index contributed by atoms with van der Waals surface area (Å²) >= 11 is 0. The van der Waals surface area contributed by atoms with E-state index < -0.39 is 8.25 Å². The first-order valence-electron chi connectivity index (χ1n) is 2.28. The predicted molar refractivity (Wildman–Crippen MR) is 44.4 cm³/mol. The molecule has 62 valence electrons. The van der Waals surface area contributed by atoms with Crippen LogP contribution in [0.2, 0.25) is 0 Å². The van der Waals surface area contributed by atoms with E-state index in [4.69, 9.17) is 14.4 Å². The maximum atomic E-state index is 8.70. The fourth-order valence-electron chi connectivity index (χ4n) is 0.253. The smallest absolute Gasteiger partial charge is 0.262 e. The molecule has 0 saturated heterocycles. The van der Waals surface area contributed by atoms with Crippen LogP contribution in [-0.2, 0) is 4.57 Å². The van der Waals surface area contributed by atoms with Gasteiger partial charge in [0.2, 0.25) is 0 Å². The molecule has 0 unspecified atom stereocenters. The van der Waals surface area contributed by atoms with E-state index in [0.717, 1.165) is 0 Å². The van der Waals surface area contributed by atoms with Crippen molar-refractivity contribution in [2.24, 2.45) is 0 Å². The molecule has 2 N–H and O–H groups in total. The van der Waals surface area contributed by atoms with Crippen LogP contribution < -0.4 is 0 Å². The summed E-state index contributed by atoms with van der Waals surface area (Å²) in [5.74, 6) is 0. The molecule has 0 fully saturated rings. The standard InChI is InChI=1S/C4H4N2.BrH.HO3P/c1-2-6-4-3-5-1;;1-4(2)3/h1-4H;1H;(H-,1,2,3)/p+1. The first-order chi connectivity index (χ1) is 4.73. The van der Waals surface area contributed by atoms with Crippen molar-refractivity contribution in [3.8, 4) is 0 Å². The molecule has 11 heavy (non-hydrogen) atoms. The Labute approximate surface area is 74.9 Å². The Morgan fingerprint density at radius 1 is 1.00 bits per heavy atom. The van der Waals surface area contributed by atoms with Crippen LogP contribution in [0.4, 0.5) is 0 Å². The van der Waals surface area contributed by atoms with Gasteiger partial charge in [-0.15, -0.1) is 26.8 Å². The van der Waals surface area contributed by atoms with Gasteiger partial charge in [0.25, 0.3) is 0 Å². The van der Waals surface area contributed by atoms with E-state index in [1.165, 1.54) is 0 Å². The van der Waals surface area contributed by atoms with Crippen molar-refractivity contribution < 1.29 is 14.4 Å². The molecule has 0 aliphatic heterocycles. The van der Waals surface area contributed by atoms with Crippen molar-refractivity contribution in [1.29, 1.82) is 0 Å². The zero-order valence-electron chi connectivity index (χ0n) is 5.36. The van der Waals surface area contributed by atoms with Gasteiger partial charge in [-0.05, 0) is 0 Å². The van der Waals surface area contributed by atoms with Crippen molar-refractivity contribution in [2.75, 3.05) is 0 Å². The van der Waals surface area contributed by atoms with Crippen molar-refractivity contribution in [3.05, 3.63) is 24.8 Å². The molecule has 0 radical (unpaired) electrons. The summed E-state index contributed by atoms with van der Waals surface area (Å²) in [4.78, 5) is 21.7. The molecule has 0 spiro atoms. The van der Waals surface area contributed by atoms with Crippen molar-refractivity contribution in [1.82, 2.24) is 9.97 Å². The van der Waals surface area contributed by atoms with Crippen LogP contribution in [0.25, 0.3) is 0 Å². The minimum atomic E-state index is -2.87. The number of rotatable bonds is 0. The lowest BCUT2D eigenvalue weighted by Crippen LogP contribution is -1.66. The molecule has 0 aromatic carbocycles. The Kier molecular flexibility index (Phi) is 11.5. The monoisotopic (exact) mass is 241 g/mol. The second-order valence-corrected chi connectivity index (χ2v) is 1.65. The van der Waals surface area contributed by atoms with Gasteiger partial charge in [-0.2, -0.15) is 0 Å². The Bertz CT molecular complexity index is 155. The summed E-state index contributed by atoms with van der Waals surface area (Å²) in [6.45, 7) is 0. The summed E-state index contributed by atoms with van der Waals surface area (Å²) < 4.78 is 8.70. The average Bonchev–Trinajstić information content (AvgIpc) is 1.90. The first kappa shape index (κ1) is 13.2. The van der Waals surface area contributed by atoms with Gasteiger partial charge in [0.1, 0.15) is 0 Å². The maximum Gasteiger partial charge on any atom is 0.692 e. The fraction of sp³-hybridized carbons (Fsp3) is 0. The molecular formula is C4H7BrN2O3P+. The lowest BCUT2D eigenvalue weighted by Gasteiger charge is -1.70. The third kappa shape index (κ3) is 17.7. The Morgan fingerprint density at radius 2 is 1.18 bits per heavy atom. The normalized spacial score (nSPS) is 6.73. The molecule has 0 aliphatic rings. The molecule has 5 nitrogen and oxygen atoms in total. The second-order valence-electron chi connectivity index (χ2n) is 1.15. The zero-order valence-corrected chi connectivity index (χ0v) is 7.97. The summed E-state index contributed by atoms with van der Waals surface area (Å²) in [7, 11) is -2.87. The molecule has 7 heteroatoms. The van der Waals surface area contributed by atoms with Gasteiger partial charge in [-0.25, -0.2) is 0 Å². The summed E-state index contributed by atoms with van der Waals surface area (Å²) in [5, 5.41) is 0. The minimum absolute atomic E-state index is 0. The van der Waals surface area contributed by atoms with E-state index in [1.54, 1.807) is 24.8 Å². The van der Waals surface area contributed by atoms with Gasteiger partial charge in [-0.1, -0.05) is 0 Å². The number of hydrogen-bond acceptors (Lipinski definition) is 3. The van der Waals surface area contributed by atoms with Crippen LogP contribution in [0.5, 0.6) is 0 Å². The fourth-order valence-corrected chi connectivity index (χ4v) is 0.253. The largest absolute Gasteiger partial charge is 0.692 e. The minimum Gasteiger partial charge on any atom is -0.262 e. The lowest BCUT2D eigenvalue weighted by atomic mass is 10.8. The van der Waals surface area contributed by atoms with Crippen molar-refractivity contribution >= 4 is 25.2 Å². The number of hydrogen-bond donors (Lipinski definition) is 2. The van der Waals surface area contributed by atoms with Gasteiger partial charge >= 0.3 is 8.25 Å². The maximum absolute atomic E-state index is 8.70. The molecule has 1 rings (SSSR count). The van der Waals surface area contributed by atoms with E-state index in [0.29, 0.717) is 0 Å². The van der Waals surface area contributed by atoms with E-state index in [1.807, 2.05) is 0 Å². The summed E-state index contributed by atoms with van der Waals surface area (Å²) in [6.07, 6.45) is 6.56. The number of halogens is 1. The van der Waals surface area contributed by atoms with Gasteiger partial charge in [-0.3, -0.25) is 9.97 Å². The van der Waals surface area contributed by atoms with Crippen LogP contribution in [0.1, 0.15) is 0 Å². The highest BCUT2D eigenvalue weighted by Gasteiger charge is 1.93. The number of nitrogens with zero attached hydrogens (tertiary/aromatic N) is 2. The lowest BCUT2D eigenvalue weighted by molar-refractivity contribution is 0.405. The summed E-state index contributed by atoms with van der Waals surface area (Å²) in [6, 6.07) is 0. The zero-order chi connectivity index (χ0) is 7.82. The molecule has 1 aromatic rings. The predicted octanol–water partition coefficient (Wildman–Crippen LogP) is 0.683. The van der Waals surface area contributed by atoms with E-state index in [-0.39, 0.29) is 17.0 Å². The SMILES string of the molecule is Br.O=[P+](O)O.c1cnccn1. The van der Waals surface area contributed by atoms with Crippen LogP contribution in [0, 0.1) is 0 Å². The molecule has 0 bridgehead atoms. The molecule has 0 aliphatic carbocycles. The highest BCUT2D eigenvalue weighted by molar-refractivity contribution is 8.93. The van der Waals surface area contributed by atoms with Gasteiger partial charge in [0.05, 0.1) is 0 Å². The molecule has 1 aromatic heterocycles. The second kappa shape index (κ2) is 9.58. The van der Waals surface area contributed by atoms with Gasteiger partial charge < -0.3 is 0 Å². The molecule has 0 amide bonds. The van der Waals surface area contributed by atoms with Crippen LogP contribution in [0.15, 0.2) is 24.8 Å². The first-order valence-corrected chi connectivity index (χ1v) is 3.45. The van der Waals surface area contributed by atoms with Gasteiger partial charge in [0, 0.05) is 29.4 Å². The molecular weight excluding hydrogens is 235 g/mol. The average molecular weight is 242 g/mol. The number of aromatic nitrogens is 2. The van der Waals surface area contributed by atoms with Crippen LogP contribution in [-0.4, -0.2) is 19.8 Å². The Hall–Kier alpha value is -0.420.